The predicted molar refractivity (Wildman–Crippen MR) is 62.5 cm³/mol. The van der Waals surface area contributed by atoms with Gasteiger partial charge in [0.2, 0.25) is 5.91 Å². The van der Waals surface area contributed by atoms with Crippen LogP contribution in [0.25, 0.3) is 0 Å². The highest BCUT2D eigenvalue weighted by Gasteiger charge is 2.40. The van der Waals surface area contributed by atoms with Crippen LogP contribution in [0.4, 0.5) is 0 Å². The van der Waals surface area contributed by atoms with E-state index >= 15 is 0 Å². The van der Waals surface area contributed by atoms with Crippen LogP contribution in [0.1, 0.15) is 31.9 Å². The number of aromatic hydroxyl groups is 1. The molecule has 1 amide bonds. The van der Waals surface area contributed by atoms with Gasteiger partial charge in [0.15, 0.2) is 5.78 Å². The number of carbonyl (C=O) groups excluding carboxylic acids is 2. The van der Waals surface area contributed by atoms with Crippen LogP contribution in [-0.4, -0.2) is 27.7 Å². The van der Waals surface area contributed by atoms with Crippen LogP contribution in [-0.2, 0) is 9.59 Å². The molecular formula is C13H15NO3. The van der Waals surface area contributed by atoms with Crippen molar-refractivity contribution in [3.63, 3.8) is 0 Å². The summed E-state index contributed by atoms with van der Waals surface area (Å²) in [5.74, 6) is -0.0425. The van der Waals surface area contributed by atoms with Gasteiger partial charge in [-0.15, -0.1) is 0 Å². The Hall–Kier alpha value is -1.84. The SMILES string of the molecule is CC(C)N1C(=O)CC(=O)C1c1ccc(O)cc1. The second kappa shape index (κ2) is 4.20. The first-order valence-corrected chi connectivity index (χ1v) is 5.63. The minimum Gasteiger partial charge on any atom is -0.508 e. The maximum Gasteiger partial charge on any atom is 0.231 e. The van der Waals surface area contributed by atoms with Crippen molar-refractivity contribution in [3.05, 3.63) is 29.8 Å². The summed E-state index contributed by atoms with van der Waals surface area (Å²) in [6.45, 7) is 3.79. The summed E-state index contributed by atoms with van der Waals surface area (Å²) in [6, 6.07) is 5.93. The standard InChI is InChI=1S/C13H15NO3/c1-8(2)14-12(17)7-11(16)13(14)9-3-5-10(15)6-4-9/h3-6,8,13,15H,7H2,1-2H3. The topological polar surface area (TPSA) is 57.6 Å². The zero-order valence-electron chi connectivity index (χ0n) is 9.88. The molecule has 90 valence electrons. The van der Waals surface area contributed by atoms with Gasteiger partial charge in [0.1, 0.15) is 11.8 Å². The number of likely N-dealkylation sites (tertiary alicyclic amines) is 1. The van der Waals surface area contributed by atoms with E-state index in [9.17, 15) is 14.7 Å². The molecule has 1 saturated heterocycles. The van der Waals surface area contributed by atoms with Crippen LogP contribution in [0.5, 0.6) is 5.75 Å². The molecule has 0 radical (unpaired) electrons. The highest BCUT2D eigenvalue weighted by molar-refractivity contribution is 6.07. The average molecular weight is 233 g/mol. The lowest BCUT2D eigenvalue weighted by Crippen LogP contribution is -2.35. The van der Waals surface area contributed by atoms with Crippen molar-refractivity contribution in [2.75, 3.05) is 0 Å². The highest BCUT2D eigenvalue weighted by Crippen LogP contribution is 2.32. The van der Waals surface area contributed by atoms with E-state index in [0.717, 1.165) is 5.56 Å². The van der Waals surface area contributed by atoms with Gasteiger partial charge in [0, 0.05) is 6.04 Å². The van der Waals surface area contributed by atoms with Gasteiger partial charge in [-0.05, 0) is 31.5 Å². The van der Waals surface area contributed by atoms with Crippen molar-refractivity contribution in [2.24, 2.45) is 0 Å². The fourth-order valence-electron chi connectivity index (χ4n) is 2.23. The number of phenols is 1. The van der Waals surface area contributed by atoms with Gasteiger partial charge in [-0.3, -0.25) is 9.59 Å². The number of carbonyl (C=O) groups is 2. The van der Waals surface area contributed by atoms with Gasteiger partial charge >= 0.3 is 0 Å². The van der Waals surface area contributed by atoms with E-state index in [1.54, 1.807) is 17.0 Å². The van der Waals surface area contributed by atoms with Crippen molar-refractivity contribution in [3.8, 4) is 5.75 Å². The molecule has 0 saturated carbocycles. The van der Waals surface area contributed by atoms with E-state index in [2.05, 4.69) is 0 Å². The maximum absolute atomic E-state index is 11.9. The molecule has 0 aliphatic carbocycles. The van der Waals surface area contributed by atoms with Gasteiger partial charge in [-0.25, -0.2) is 0 Å². The molecule has 1 unspecified atom stereocenters. The summed E-state index contributed by atoms with van der Waals surface area (Å²) < 4.78 is 0. The smallest absolute Gasteiger partial charge is 0.231 e. The molecule has 17 heavy (non-hydrogen) atoms. The van der Waals surface area contributed by atoms with Crippen LogP contribution >= 0.6 is 0 Å². The molecule has 2 rings (SSSR count). The third kappa shape index (κ3) is 2.02. The molecule has 0 bridgehead atoms. The third-order valence-corrected chi connectivity index (χ3v) is 2.96. The van der Waals surface area contributed by atoms with Gasteiger partial charge in [0.05, 0.1) is 6.42 Å². The number of nitrogens with zero attached hydrogens (tertiary/aromatic N) is 1. The minimum atomic E-state index is -0.497. The normalized spacial score (nSPS) is 20.4. The molecule has 4 heteroatoms. The Labute approximate surface area is 99.9 Å². The Morgan fingerprint density at radius 1 is 1.24 bits per heavy atom. The zero-order valence-corrected chi connectivity index (χ0v) is 9.88. The Kier molecular flexibility index (Phi) is 2.88. The van der Waals surface area contributed by atoms with Gasteiger partial charge < -0.3 is 10.0 Å². The van der Waals surface area contributed by atoms with Crippen molar-refractivity contribution in [2.45, 2.75) is 32.4 Å². The largest absolute Gasteiger partial charge is 0.508 e. The molecule has 4 nitrogen and oxygen atoms in total. The number of phenolic OH excluding ortho intramolecular Hbond substituents is 1. The number of hydrogen-bond acceptors (Lipinski definition) is 3. The van der Waals surface area contributed by atoms with Gasteiger partial charge in [0.25, 0.3) is 0 Å². The first-order valence-electron chi connectivity index (χ1n) is 5.63. The maximum atomic E-state index is 11.9. The molecule has 1 aromatic carbocycles. The van der Waals surface area contributed by atoms with Crippen LogP contribution in [0.2, 0.25) is 0 Å². The summed E-state index contributed by atoms with van der Waals surface area (Å²) in [5.41, 5.74) is 0.757. The summed E-state index contributed by atoms with van der Waals surface area (Å²) in [7, 11) is 0. The quantitative estimate of drug-likeness (QED) is 0.790. The molecule has 1 aliphatic rings. The van der Waals surface area contributed by atoms with Crippen LogP contribution in [0.3, 0.4) is 0 Å². The average Bonchev–Trinajstić information content (AvgIpc) is 2.55. The Bertz CT molecular complexity index is 450. The zero-order chi connectivity index (χ0) is 12.6. The second-order valence-electron chi connectivity index (χ2n) is 4.53. The van der Waals surface area contributed by atoms with Crippen molar-refractivity contribution >= 4 is 11.7 Å². The lowest BCUT2D eigenvalue weighted by Gasteiger charge is -2.27. The molecule has 0 aromatic heterocycles. The van der Waals surface area contributed by atoms with Crippen LogP contribution < -0.4 is 0 Å². The fourth-order valence-corrected chi connectivity index (χ4v) is 2.23. The fraction of sp³-hybridized carbons (Fsp3) is 0.385. The highest BCUT2D eigenvalue weighted by atomic mass is 16.3. The molecule has 1 N–H and O–H groups in total. The number of ketones is 1. The minimum absolute atomic E-state index is 0.00671. The number of Topliss-reactive ketones (excluding diaryl/α,β-unsaturated/α-hetero) is 1. The summed E-state index contributed by atoms with van der Waals surface area (Å²) in [4.78, 5) is 25.2. The van der Waals surface area contributed by atoms with E-state index in [0.29, 0.717) is 0 Å². The summed E-state index contributed by atoms with van der Waals surface area (Å²) in [6.07, 6.45) is -0.0241. The Balaban J connectivity index is 2.38. The Morgan fingerprint density at radius 2 is 1.82 bits per heavy atom. The van der Waals surface area contributed by atoms with Crippen LogP contribution in [0, 0.1) is 0 Å². The lowest BCUT2D eigenvalue weighted by molar-refractivity contribution is -0.130. The Morgan fingerprint density at radius 3 is 2.35 bits per heavy atom. The monoisotopic (exact) mass is 233 g/mol. The first kappa shape index (κ1) is 11.6. The van der Waals surface area contributed by atoms with E-state index in [-0.39, 0.29) is 29.9 Å². The van der Waals surface area contributed by atoms with Crippen molar-refractivity contribution in [1.82, 2.24) is 4.90 Å². The lowest BCUT2D eigenvalue weighted by atomic mass is 10.0. The van der Waals surface area contributed by atoms with Gasteiger partial charge in [-0.2, -0.15) is 0 Å². The number of benzene rings is 1. The number of hydrogen-bond donors (Lipinski definition) is 1. The van der Waals surface area contributed by atoms with Gasteiger partial charge in [-0.1, -0.05) is 12.1 Å². The molecule has 1 fully saturated rings. The van der Waals surface area contributed by atoms with E-state index in [4.69, 9.17) is 0 Å². The summed E-state index contributed by atoms with van der Waals surface area (Å²) >= 11 is 0. The molecular weight excluding hydrogens is 218 g/mol. The third-order valence-electron chi connectivity index (χ3n) is 2.96. The van der Waals surface area contributed by atoms with E-state index < -0.39 is 6.04 Å². The van der Waals surface area contributed by atoms with Crippen LogP contribution in [0.15, 0.2) is 24.3 Å². The van der Waals surface area contributed by atoms with Crippen molar-refractivity contribution < 1.29 is 14.7 Å². The molecule has 0 spiro atoms. The number of amides is 1. The summed E-state index contributed by atoms with van der Waals surface area (Å²) in [5, 5.41) is 9.23. The second-order valence-corrected chi connectivity index (χ2v) is 4.53. The molecule has 1 aromatic rings. The van der Waals surface area contributed by atoms with E-state index in [1.165, 1.54) is 12.1 Å². The van der Waals surface area contributed by atoms with E-state index in [1.807, 2.05) is 13.8 Å². The molecule has 1 heterocycles. The molecule has 1 atom stereocenters. The first-order chi connectivity index (χ1) is 8.00. The molecule has 1 aliphatic heterocycles. The predicted octanol–water partition coefficient (Wildman–Crippen LogP) is 1.64. The number of rotatable bonds is 2. The van der Waals surface area contributed by atoms with Crippen molar-refractivity contribution in [1.29, 1.82) is 0 Å².